The molecule has 4 rings (SSSR count). The van der Waals surface area contributed by atoms with Crippen LogP contribution in [-0.4, -0.2) is 14.6 Å². The van der Waals surface area contributed by atoms with Crippen LogP contribution in [0, 0.1) is 18.6 Å². The van der Waals surface area contributed by atoms with Crippen LogP contribution in [0.5, 0.6) is 0 Å². The van der Waals surface area contributed by atoms with Gasteiger partial charge in [0.2, 0.25) is 0 Å². The molecule has 0 fully saturated rings. The van der Waals surface area contributed by atoms with Crippen molar-refractivity contribution in [2.75, 3.05) is 5.73 Å². The maximum Gasteiger partial charge on any atom is 0.273 e. The highest BCUT2D eigenvalue weighted by Crippen LogP contribution is 2.30. The number of anilines is 1. The van der Waals surface area contributed by atoms with Crippen molar-refractivity contribution in [1.82, 2.24) is 14.6 Å². The molecule has 0 aliphatic carbocycles. The smallest absolute Gasteiger partial charge is 0.273 e. The largest absolute Gasteiger partial charge is 0.399 e. The molecule has 2 aromatic carbocycles. The number of nitrogens with one attached hydrogen (secondary N) is 1. The molecule has 0 aliphatic rings. The lowest BCUT2D eigenvalue weighted by Crippen LogP contribution is -2.14. The molecule has 0 bridgehead atoms. The summed E-state index contributed by atoms with van der Waals surface area (Å²) in [6.07, 6.45) is 0. The van der Waals surface area contributed by atoms with Crippen LogP contribution in [0.15, 0.2) is 53.3 Å². The Hall–Kier alpha value is -3.48. The predicted molar refractivity (Wildman–Crippen MR) is 95.8 cm³/mol. The topological polar surface area (TPSA) is 76.2 Å². The second kappa shape index (κ2) is 5.80. The Kier molecular flexibility index (Phi) is 3.57. The van der Waals surface area contributed by atoms with Gasteiger partial charge in [-0.3, -0.25) is 9.89 Å². The van der Waals surface area contributed by atoms with Crippen molar-refractivity contribution in [3.05, 3.63) is 76.2 Å². The van der Waals surface area contributed by atoms with Crippen molar-refractivity contribution >= 4 is 11.3 Å². The molecule has 2 aromatic heterocycles. The Morgan fingerprint density at radius 3 is 2.50 bits per heavy atom. The molecule has 7 heteroatoms. The number of hydrogen-bond donors (Lipinski definition) is 2. The maximum atomic E-state index is 14.3. The van der Waals surface area contributed by atoms with Crippen LogP contribution in [0.3, 0.4) is 0 Å². The minimum absolute atomic E-state index is 0.170. The van der Waals surface area contributed by atoms with Gasteiger partial charge in [-0.25, -0.2) is 18.3 Å². The average Bonchev–Trinajstić information content (AvgIpc) is 2.92. The van der Waals surface area contributed by atoms with Gasteiger partial charge in [-0.1, -0.05) is 12.1 Å². The predicted octanol–water partition coefficient (Wildman–Crippen LogP) is 3.53. The van der Waals surface area contributed by atoms with Crippen LogP contribution in [0.1, 0.15) is 5.69 Å². The third kappa shape index (κ3) is 2.54. The summed E-state index contributed by atoms with van der Waals surface area (Å²) in [7, 11) is 0. The van der Waals surface area contributed by atoms with Gasteiger partial charge >= 0.3 is 0 Å². The summed E-state index contributed by atoms with van der Waals surface area (Å²) < 4.78 is 28.8. The Bertz CT molecular complexity index is 1190. The fourth-order valence-corrected chi connectivity index (χ4v) is 2.97. The van der Waals surface area contributed by atoms with Crippen LogP contribution in [-0.2, 0) is 0 Å². The molecule has 0 saturated carbocycles. The fraction of sp³-hybridized carbons (Fsp3) is 0.0526. The van der Waals surface area contributed by atoms with Crippen molar-refractivity contribution in [1.29, 1.82) is 0 Å². The minimum atomic E-state index is -0.721. The van der Waals surface area contributed by atoms with Gasteiger partial charge in [-0.2, -0.15) is 0 Å². The Morgan fingerprint density at radius 1 is 1.08 bits per heavy atom. The molecular formula is C19H14F2N4O. The number of aryl methyl sites for hydroxylation is 1. The van der Waals surface area contributed by atoms with E-state index in [4.69, 9.17) is 5.73 Å². The molecule has 0 amide bonds. The van der Waals surface area contributed by atoms with Crippen molar-refractivity contribution in [3.8, 4) is 22.4 Å². The van der Waals surface area contributed by atoms with E-state index in [0.29, 0.717) is 28.2 Å². The van der Waals surface area contributed by atoms with Gasteiger partial charge in [-0.15, -0.1) is 0 Å². The van der Waals surface area contributed by atoms with Crippen molar-refractivity contribution < 1.29 is 8.78 Å². The van der Waals surface area contributed by atoms with Gasteiger partial charge in [-0.05, 0) is 31.2 Å². The third-order valence-corrected chi connectivity index (χ3v) is 4.20. The number of fused-ring (bicyclic) bond motifs is 1. The lowest BCUT2D eigenvalue weighted by atomic mass is 10.1. The molecular weight excluding hydrogens is 338 g/mol. The standard InChI is InChI=1S/C19H14F2N4O/c1-10-18(14-7-4-12(20)8-15(14)21)19-23-16(9-17(26)25(19)24-10)11-2-5-13(22)6-3-11/h2-9,24H,22H2,1H3. The summed E-state index contributed by atoms with van der Waals surface area (Å²) in [6.45, 7) is 1.70. The van der Waals surface area contributed by atoms with Gasteiger partial charge in [0, 0.05) is 40.2 Å². The number of nitrogen functional groups attached to an aromatic ring is 1. The lowest BCUT2D eigenvalue weighted by molar-refractivity contribution is 0.585. The van der Waals surface area contributed by atoms with Gasteiger partial charge in [0.15, 0.2) is 5.65 Å². The van der Waals surface area contributed by atoms with Crippen LogP contribution < -0.4 is 11.3 Å². The first-order valence-corrected chi connectivity index (χ1v) is 7.88. The summed E-state index contributed by atoms with van der Waals surface area (Å²) in [6, 6.07) is 11.6. The van der Waals surface area contributed by atoms with Gasteiger partial charge in [0.25, 0.3) is 5.56 Å². The molecule has 4 aromatic rings. The molecule has 5 nitrogen and oxygen atoms in total. The number of benzene rings is 2. The van der Waals surface area contributed by atoms with E-state index in [-0.39, 0.29) is 16.8 Å². The zero-order valence-electron chi connectivity index (χ0n) is 13.8. The van der Waals surface area contributed by atoms with Crippen molar-refractivity contribution in [2.24, 2.45) is 0 Å². The van der Waals surface area contributed by atoms with Crippen LogP contribution in [0.25, 0.3) is 28.0 Å². The average molecular weight is 352 g/mol. The summed E-state index contributed by atoms with van der Waals surface area (Å²) in [5, 5.41) is 2.88. The third-order valence-electron chi connectivity index (χ3n) is 4.20. The SMILES string of the molecule is Cc1[nH]n2c(=O)cc(-c3ccc(N)cc3)nc2c1-c1ccc(F)cc1F. The highest BCUT2D eigenvalue weighted by molar-refractivity contribution is 5.81. The van der Waals surface area contributed by atoms with Gasteiger partial charge in [0.05, 0.1) is 5.69 Å². The number of H-pyrrole nitrogens is 1. The van der Waals surface area contributed by atoms with E-state index in [0.717, 1.165) is 6.07 Å². The highest BCUT2D eigenvalue weighted by atomic mass is 19.1. The van der Waals surface area contributed by atoms with Crippen LogP contribution in [0.2, 0.25) is 0 Å². The normalized spacial score (nSPS) is 11.2. The lowest BCUT2D eigenvalue weighted by Gasteiger charge is -2.05. The number of aromatic amines is 1. The van der Waals surface area contributed by atoms with E-state index in [9.17, 15) is 13.6 Å². The van der Waals surface area contributed by atoms with E-state index in [1.165, 1.54) is 22.7 Å². The second-order valence-corrected chi connectivity index (χ2v) is 6.00. The zero-order valence-corrected chi connectivity index (χ0v) is 13.8. The molecule has 0 atom stereocenters. The first kappa shape index (κ1) is 16.0. The molecule has 26 heavy (non-hydrogen) atoms. The van der Waals surface area contributed by atoms with E-state index >= 15 is 0 Å². The fourth-order valence-electron chi connectivity index (χ4n) is 2.97. The molecule has 0 radical (unpaired) electrons. The molecule has 130 valence electrons. The molecule has 2 heterocycles. The van der Waals surface area contributed by atoms with Gasteiger partial charge < -0.3 is 5.73 Å². The van der Waals surface area contributed by atoms with E-state index in [2.05, 4.69) is 10.1 Å². The number of nitrogens with two attached hydrogens (primary N) is 1. The number of hydrogen-bond acceptors (Lipinski definition) is 3. The summed E-state index contributed by atoms with van der Waals surface area (Å²) in [5.41, 5.74) is 8.51. The first-order chi connectivity index (χ1) is 12.4. The maximum absolute atomic E-state index is 14.3. The molecule has 0 unspecified atom stereocenters. The molecule has 0 saturated heterocycles. The van der Waals surface area contributed by atoms with Gasteiger partial charge in [0.1, 0.15) is 11.6 Å². The quantitative estimate of drug-likeness (QED) is 0.542. The monoisotopic (exact) mass is 352 g/mol. The number of rotatable bonds is 2. The zero-order chi connectivity index (χ0) is 18.4. The van der Waals surface area contributed by atoms with Crippen molar-refractivity contribution in [3.63, 3.8) is 0 Å². The van der Waals surface area contributed by atoms with E-state index in [1.807, 2.05) is 0 Å². The number of nitrogens with zero attached hydrogens (tertiary/aromatic N) is 2. The molecule has 3 N–H and O–H groups in total. The Balaban J connectivity index is 2.01. The summed E-state index contributed by atoms with van der Waals surface area (Å²) in [5.74, 6) is -1.39. The Morgan fingerprint density at radius 2 is 1.81 bits per heavy atom. The number of aromatic nitrogens is 3. The number of halogens is 2. The van der Waals surface area contributed by atoms with Crippen LogP contribution in [0.4, 0.5) is 14.5 Å². The van der Waals surface area contributed by atoms with Crippen molar-refractivity contribution in [2.45, 2.75) is 6.92 Å². The highest BCUT2D eigenvalue weighted by Gasteiger charge is 2.18. The van der Waals surface area contributed by atoms with E-state index < -0.39 is 11.6 Å². The second-order valence-electron chi connectivity index (χ2n) is 6.00. The molecule has 0 spiro atoms. The summed E-state index contributed by atoms with van der Waals surface area (Å²) >= 11 is 0. The summed E-state index contributed by atoms with van der Waals surface area (Å²) in [4.78, 5) is 17.0. The Labute approximate surface area is 146 Å². The minimum Gasteiger partial charge on any atom is -0.399 e. The van der Waals surface area contributed by atoms with Crippen LogP contribution >= 0.6 is 0 Å². The molecule has 0 aliphatic heterocycles. The first-order valence-electron chi connectivity index (χ1n) is 7.88. The van der Waals surface area contributed by atoms with E-state index in [1.54, 1.807) is 31.2 Å².